The van der Waals surface area contributed by atoms with Crippen LogP contribution in [0.2, 0.25) is 5.02 Å². The monoisotopic (exact) mass is 402 g/mol. The van der Waals surface area contributed by atoms with E-state index in [1.165, 1.54) is 5.56 Å². The van der Waals surface area contributed by atoms with Crippen LogP contribution < -0.4 is 9.47 Å². The fraction of sp³-hybridized carbons (Fsp3) is 0.409. The van der Waals surface area contributed by atoms with Gasteiger partial charge < -0.3 is 14.4 Å². The molecule has 2 aromatic rings. The largest absolute Gasteiger partial charge is 0.497 e. The average molecular weight is 403 g/mol. The van der Waals surface area contributed by atoms with Crippen LogP contribution in [0, 0.1) is 0 Å². The van der Waals surface area contributed by atoms with Gasteiger partial charge in [0.15, 0.2) is 0 Å². The average Bonchev–Trinajstić information content (AvgIpc) is 2.94. The van der Waals surface area contributed by atoms with Gasteiger partial charge in [-0.1, -0.05) is 29.8 Å². The Kier molecular flexibility index (Phi) is 7.57. The van der Waals surface area contributed by atoms with Crippen molar-refractivity contribution < 1.29 is 14.3 Å². The van der Waals surface area contributed by atoms with Gasteiger partial charge in [-0.3, -0.25) is 9.69 Å². The Hall–Kier alpha value is -2.24. The lowest BCUT2D eigenvalue weighted by Crippen LogP contribution is -2.35. The fourth-order valence-electron chi connectivity index (χ4n) is 3.34. The zero-order valence-corrected chi connectivity index (χ0v) is 17.0. The topological polar surface area (TPSA) is 42.0 Å². The van der Waals surface area contributed by atoms with E-state index in [0.717, 1.165) is 44.9 Å². The van der Waals surface area contributed by atoms with Gasteiger partial charge in [0.05, 0.1) is 20.1 Å². The third-order valence-corrected chi connectivity index (χ3v) is 5.12. The predicted molar refractivity (Wildman–Crippen MR) is 111 cm³/mol. The molecular formula is C22H27ClN2O3. The molecule has 0 aliphatic carbocycles. The number of carbonyl (C=O) groups is 1. The van der Waals surface area contributed by atoms with Gasteiger partial charge >= 0.3 is 0 Å². The van der Waals surface area contributed by atoms with E-state index in [0.29, 0.717) is 23.8 Å². The van der Waals surface area contributed by atoms with Crippen molar-refractivity contribution >= 4 is 17.5 Å². The van der Waals surface area contributed by atoms with Crippen molar-refractivity contribution in [3.8, 4) is 11.5 Å². The van der Waals surface area contributed by atoms with Gasteiger partial charge in [0.1, 0.15) is 11.5 Å². The summed E-state index contributed by atoms with van der Waals surface area (Å²) in [5, 5.41) is 0.633. The van der Waals surface area contributed by atoms with Gasteiger partial charge in [-0.05, 0) is 42.3 Å². The number of hydrogen-bond donors (Lipinski definition) is 0. The zero-order chi connectivity index (χ0) is 19.8. The second-order valence-electron chi connectivity index (χ2n) is 6.91. The van der Waals surface area contributed by atoms with E-state index < -0.39 is 0 Å². The first-order valence-corrected chi connectivity index (χ1v) is 10.0. The Labute approximate surface area is 171 Å². The van der Waals surface area contributed by atoms with E-state index in [4.69, 9.17) is 21.1 Å². The first-order chi connectivity index (χ1) is 13.6. The smallest absolute Gasteiger partial charge is 0.226 e. The van der Waals surface area contributed by atoms with Crippen LogP contribution in [0.3, 0.4) is 0 Å². The van der Waals surface area contributed by atoms with Crippen LogP contribution in [0.1, 0.15) is 18.4 Å². The summed E-state index contributed by atoms with van der Waals surface area (Å²) >= 11 is 5.95. The Morgan fingerprint density at radius 3 is 2.61 bits per heavy atom. The second kappa shape index (κ2) is 10.3. The van der Waals surface area contributed by atoms with Gasteiger partial charge in [0.2, 0.25) is 5.91 Å². The maximum Gasteiger partial charge on any atom is 0.226 e. The SMILES string of the molecule is COc1ccc(CN2CCCN(C(=O)CCOc3cccc(Cl)c3)CC2)cc1. The predicted octanol–water partition coefficient (Wildman–Crippen LogP) is 3.85. The fourth-order valence-corrected chi connectivity index (χ4v) is 3.52. The molecule has 0 saturated carbocycles. The Morgan fingerprint density at radius 2 is 1.86 bits per heavy atom. The Balaban J connectivity index is 1.42. The van der Waals surface area contributed by atoms with Crippen molar-refractivity contribution in [2.24, 2.45) is 0 Å². The molecule has 0 spiro atoms. The summed E-state index contributed by atoms with van der Waals surface area (Å²) in [7, 11) is 1.68. The molecule has 0 bridgehead atoms. The number of rotatable bonds is 7. The van der Waals surface area contributed by atoms with E-state index in [1.54, 1.807) is 19.2 Å². The van der Waals surface area contributed by atoms with Crippen molar-refractivity contribution in [2.75, 3.05) is 39.9 Å². The highest BCUT2D eigenvalue weighted by molar-refractivity contribution is 6.30. The van der Waals surface area contributed by atoms with Crippen LogP contribution in [-0.4, -0.2) is 55.6 Å². The minimum atomic E-state index is 0.147. The maximum atomic E-state index is 12.5. The van der Waals surface area contributed by atoms with Gasteiger partial charge in [0, 0.05) is 37.7 Å². The lowest BCUT2D eigenvalue weighted by molar-refractivity contribution is -0.131. The Morgan fingerprint density at radius 1 is 1.04 bits per heavy atom. The molecule has 1 heterocycles. The van der Waals surface area contributed by atoms with Gasteiger partial charge in [-0.25, -0.2) is 0 Å². The van der Waals surface area contributed by atoms with Crippen LogP contribution in [0.15, 0.2) is 48.5 Å². The molecule has 1 fully saturated rings. The van der Waals surface area contributed by atoms with Gasteiger partial charge in [-0.15, -0.1) is 0 Å². The minimum absolute atomic E-state index is 0.147. The summed E-state index contributed by atoms with van der Waals surface area (Å²) in [5.41, 5.74) is 1.26. The molecular weight excluding hydrogens is 376 g/mol. The number of hydrogen-bond acceptors (Lipinski definition) is 4. The molecule has 6 heteroatoms. The highest BCUT2D eigenvalue weighted by atomic mass is 35.5. The van der Waals surface area contributed by atoms with Gasteiger partial charge in [-0.2, -0.15) is 0 Å². The summed E-state index contributed by atoms with van der Waals surface area (Å²) < 4.78 is 10.9. The van der Waals surface area contributed by atoms with E-state index in [-0.39, 0.29) is 5.91 Å². The van der Waals surface area contributed by atoms with Crippen LogP contribution in [0.5, 0.6) is 11.5 Å². The van der Waals surface area contributed by atoms with Crippen molar-refractivity contribution in [1.82, 2.24) is 9.80 Å². The van der Waals surface area contributed by atoms with Crippen LogP contribution in [0.25, 0.3) is 0 Å². The maximum absolute atomic E-state index is 12.5. The van der Waals surface area contributed by atoms with Crippen molar-refractivity contribution in [3.63, 3.8) is 0 Å². The first kappa shape index (κ1) is 20.5. The number of methoxy groups -OCH3 is 1. The number of carbonyl (C=O) groups excluding carboxylic acids is 1. The molecule has 150 valence electrons. The lowest BCUT2D eigenvalue weighted by Gasteiger charge is -2.22. The standard InChI is InChI=1S/C22H27ClN2O3/c1-27-20-8-6-18(7-9-20)17-24-11-3-12-25(14-13-24)22(26)10-15-28-21-5-2-4-19(23)16-21/h2,4-9,16H,3,10-15,17H2,1H3. The van der Waals surface area contributed by atoms with E-state index >= 15 is 0 Å². The molecule has 3 rings (SSSR count). The first-order valence-electron chi connectivity index (χ1n) is 9.65. The summed E-state index contributed by atoms with van der Waals surface area (Å²) in [6.07, 6.45) is 1.36. The van der Waals surface area contributed by atoms with Crippen molar-refractivity contribution in [2.45, 2.75) is 19.4 Å². The third kappa shape index (κ3) is 6.14. The summed E-state index contributed by atoms with van der Waals surface area (Å²) in [5.74, 6) is 1.71. The number of amides is 1. The number of nitrogens with zero attached hydrogens (tertiary/aromatic N) is 2. The molecule has 0 radical (unpaired) electrons. The summed E-state index contributed by atoms with van der Waals surface area (Å²) in [4.78, 5) is 16.9. The minimum Gasteiger partial charge on any atom is -0.497 e. The molecule has 1 aliphatic heterocycles. The Bertz CT molecular complexity index is 767. The highest BCUT2D eigenvalue weighted by Gasteiger charge is 2.19. The molecule has 28 heavy (non-hydrogen) atoms. The van der Waals surface area contributed by atoms with Crippen LogP contribution in [-0.2, 0) is 11.3 Å². The molecule has 1 aliphatic rings. The quantitative estimate of drug-likeness (QED) is 0.705. The molecule has 1 saturated heterocycles. The van der Waals surface area contributed by atoms with Gasteiger partial charge in [0.25, 0.3) is 0 Å². The second-order valence-corrected chi connectivity index (χ2v) is 7.35. The molecule has 0 unspecified atom stereocenters. The molecule has 0 aromatic heterocycles. The normalized spacial score (nSPS) is 15.1. The molecule has 0 N–H and O–H groups in total. The molecule has 0 atom stereocenters. The van der Waals surface area contributed by atoms with E-state index in [1.807, 2.05) is 29.2 Å². The molecule has 5 nitrogen and oxygen atoms in total. The highest BCUT2D eigenvalue weighted by Crippen LogP contribution is 2.18. The van der Waals surface area contributed by atoms with Crippen LogP contribution in [0.4, 0.5) is 0 Å². The number of halogens is 1. The van der Waals surface area contributed by atoms with Crippen molar-refractivity contribution in [1.29, 1.82) is 0 Å². The number of ether oxygens (including phenoxy) is 2. The zero-order valence-electron chi connectivity index (χ0n) is 16.3. The lowest BCUT2D eigenvalue weighted by atomic mass is 10.2. The van der Waals surface area contributed by atoms with E-state index in [2.05, 4.69) is 17.0 Å². The number of benzene rings is 2. The third-order valence-electron chi connectivity index (χ3n) is 4.89. The van der Waals surface area contributed by atoms with Crippen molar-refractivity contribution in [3.05, 3.63) is 59.1 Å². The summed E-state index contributed by atoms with van der Waals surface area (Å²) in [6, 6.07) is 15.4. The molecule has 2 aromatic carbocycles. The molecule has 1 amide bonds. The summed E-state index contributed by atoms with van der Waals surface area (Å²) in [6.45, 7) is 4.69. The van der Waals surface area contributed by atoms with E-state index in [9.17, 15) is 4.79 Å². The van der Waals surface area contributed by atoms with Crippen LogP contribution >= 0.6 is 11.6 Å².